The quantitative estimate of drug-likeness (QED) is 0.625. The van der Waals surface area contributed by atoms with Gasteiger partial charge in [0.2, 0.25) is 0 Å². The zero-order valence-electron chi connectivity index (χ0n) is 9.73. The molecule has 1 amide bonds. The molecule has 0 heterocycles. The average Bonchev–Trinajstić information content (AvgIpc) is 2.35. The standard InChI is InChI=1S/C11H14N2O4/c1-3-6-17-10-5-4-8(13(15)16)7-9(10)11(14)12-2/h4-5,7H,3,6H2,1-2H3,(H,12,14). The fourth-order valence-corrected chi connectivity index (χ4v) is 1.28. The number of non-ortho nitro benzene ring substituents is 1. The molecule has 0 aromatic heterocycles. The second-order valence-corrected chi connectivity index (χ2v) is 3.37. The van der Waals surface area contributed by atoms with Crippen LogP contribution in [-0.4, -0.2) is 24.5 Å². The molecule has 6 heteroatoms. The van der Waals surface area contributed by atoms with Gasteiger partial charge in [0.1, 0.15) is 5.75 Å². The molecule has 0 fully saturated rings. The van der Waals surface area contributed by atoms with Crippen LogP contribution < -0.4 is 10.1 Å². The highest BCUT2D eigenvalue weighted by Crippen LogP contribution is 2.24. The summed E-state index contributed by atoms with van der Waals surface area (Å²) in [6, 6.07) is 3.97. The summed E-state index contributed by atoms with van der Waals surface area (Å²) in [5.41, 5.74) is 0.0441. The molecule has 0 aliphatic carbocycles. The van der Waals surface area contributed by atoms with Gasteiger partial charge < -0.3 is 10.1 Å². The fourth-order valence-electron chi connectivity index (χ4n) is 1.28. The number of amides is 1. The minimum absolute atomic E-state index is 0.132. The molecular weight excluding hydrogens is 224 g/mol. The molecule has 0 saturated carbocycles. The monoisotopic (exact) mass is 238 g/mol. The van der Waals surface area contributed by atoms with Crippen LogP contribution in [0.1, 0.15) is 23.7 Å². The first-order valence-corrected chi connectivity index (χ1v) is 5.23. The topological polar surface area (TPSA) is 81.5 Å². The van der Waals surface area contributed by atoms with E-state index < -0.39 is 10.8 Å². The van der Waals surface area contributed by atoms with Gasteiger partial charge in [-0.05, 0) is 12.5 Å². The third-order valence-corrected chi connectivity index (χ3v) is 2.11. The van der Waals surface area contributed by atoms with Crippen molar-refractivity contribution in [1.29, 1.82) is 0 Å². The van der Waals surface area contributed by atoms with E-state index >= 15 is 0 Å². The largest absolute Gasteiger partial charge is 0.493 e. The first-order chi connectivity index (χ1) is 8.10. The van der Waals surface area contributed by atoms with Gasteiger partial charge in [-0.25, -0.2) is 0 Å². The highest BCUT2D eigenvalue weighted by molar-refractivity contribution is 5.97. The summed E-state index contributed by atoms with van der Waals surface area (Å²) in [6.45, 7) is 2.40. The van der Waals surface area contributed by atoms with E-state index in [0.717, 1.165) is 6.42 Å². The average molecular weight is 238 g/mol. The molecule has 1 rings (SSSR count). The minimum Gasteiger partial charge on any atom is -0.493 e. The molecule has 1 aromatic carbocycles. The lowest BCUT2D eigenvalue weighted by molar-refractivity contribution is -0.384. The Morgan fingerprint density at radius 1 is 1.53 bits per heavy atom. The second kappa shape index (κ2) is 5.83. The number of carbonyl (C=O) groups is 1. The summed E-state index contributed by atoms with van der Waals surface area (Å²) >= 11 is 0. The maximum atomic E-state index is 11.6. The van der Waals surface area contributed by atoms with E-state index in [1.54, 1.807) is 0 Å². The molecule has 1 N–H and O–H groups in total. The van der Waals surface area contributed by atoms with Crippen LogP contribution in [0, 0.1) is 10.1 Å². The third kappa shape index (κ3) is 3.17. The lowest BCUT2D eigenvalue weighted by Gasteiger charge is -2.09. The number of nitrogens with one attached hydrogen (secondary N) is 1. The van der Waals surface area contributed by atoms with Crippen molar-refractivity contribution in [1.82, 2.24) is 5.32 Å². The molecular formula is C11H14N2O4. The molecule has 92 valence electrons. The van der Waals surface area contributed by atoms with Gasteiger partial charge in [-0.1, -0.05) is 6.92 Å². The molecule has 0 aliphatic heterocycles. The van der Waals surface area contributed by atoms with E-state index in [1.165, 1.54) is 25.2 Å². The Labute approximate surface area is 98.7 Å². The van der Waals surface area contributed by atoms with Gasteiger partial charge in [0.15, 0.2) is 0 Å². The number of nitro benzene ring substituents is 1. The van der Waals surface area contributed by atoms with E-state index in [9.17, 15) is 14.9 Å². The van der Waals surface area contributed by atoms with Crippen molar-refractivity contribution in [3.8, 4) is 5.75 Å². The minimum atomic E-state index is -0.546. The van der Waals surface area contributed by atoms with Gasteiger partial charge in [-0.2, -0.15) is 0 Å². The molecule has 0 radical (unpaired) electrons. The number of rotatable bonds is 5. The third-order valence-electron chi connectivity index (χ3n) is 2.11. The van der Waals surface area contributed by atoms with Crippen molar-refractivity contribution in [2.45, 2.75) is 13.3 Å². The van der Waals surface area contributed by atoms with Crippen molar-refractivity contribution in [3.05, 3.63) is 33.9 Å². The molecule has 1 aromatic rings. The Bertz CT molecular complexity index is 431. The predicted molar refractivity (Wildman–Crippen MR) is 62.3 cm³/mol. The van der Waals surface area contributed by atoms with Gasteiger partial charge in [-0.15, -0.1) is 0 Å². The first-order valence-electron chi connectivity index (χ1n) is 5.23. The van der Waals surface area contributed by atoms with Gasteiger partial charge in [0, 0.05) is 19.2 Å². The summed E-state index contributed by atoms with van der Waals surface area (Å²) in [4.78, 5) is 21.6. The van der Waals surface area contributed by atoms with Gasteiger partial charge in [0.25, 0.3) is 11.6 Å². The lowest BCUT2D eigenvalue weighted by atomic mass is 10.1. The van der Waals surface area contributed by atoms with Crippen LogP contribution in [0.15, 0.2) is 18.2 Å². The number of ether oxygens (including phenoxy) is 1. The number of benzene rings is 1. The molecule has 0 atom stereocenters. The van der Waals surface area contributed by atoms with Crippen LogP contribution in [-0.2, 0) is 0 Å². The number of hydrogen-bond acceptors (Lipinski definition) is 4. The van der Waals surface area contributed by atoms with Crippen LogP contribution in [0.4, 0.5) is 5.69 Å². The van der Waals surface area contributed by atoms with Crippen molar-refractivity contribution in [3.63, 3.8) is 0 Å². The smallest absolute Gasteiger partial charge is 0.270 e. The van der Waals surface area contributed by atoms with Gasteiger partial charge >= 0.3 is 0 Å². The fraction of sp³-hybridized carbons (Fsp3) is 0.364. The lowest BCUT2D eigenvalue weighted by Crippen LogP contribution is -2.19. The van der Waals surface area contributed by atoms with Crippen LogP contribution in [0.2, 0.25) is 0 Å². The zero-order valence-corrected chi connectivity index (χ0v) is 9.73. The number of nitro groups is 1. The molecule has 0 spiro atoms. The van der Waals surface area contributed by atoms with Crippen molar-refractivity contribution in [2.24, 2.45) is 0 Å². The zero-order chi connectivity index (χ0) is 12.8. The maximum Gasteiger partial charge on any atom is 0.270 e. The molecule has 17 heavy (non-hydrogen) atoms. The van der Waals surface area contributed by atoms with E-state index in [4.69, 9.17) is 4.74 Å². The highest BCUT2D eigenvalue weighted by Gasteiger charge is 2.16. The Balaban J connectivity index is 3.12. The number of nitrogens with zero attached hydrogens (tertiary/aromatic N) is 1. The van der Waals surface area contributed by atoms with Crippen LogP contribution in [0.25, 0.3) is 0 Å². The molecule has 0 aliphatic rings. The Hall–Kier alpha value is -2.11. The Morgan fingerprint density at radius 2 is 2.24 bits per heavy atom. The summed E-state index contributed by atoms with van der Waals surface area (Å²) in [5.74, 6) is -0.0448. The van der Waals surface area contributed by atoms with Crippen LogP contribution in [0.5, 0.6) is 5.75 Å². The Kier molecular flexibility index (Phi) is 4.45. The normalized spacial score (nSPS) is 9.76. The van der Waals surface area contributed by atoms with Crippen LogP contribution in [0.3, 0.4) is 0 Å². The summed E-state index contributed by atoms with van der Waals surface area (Å²) in [6.07, 6.45) is 0.796. The van der Waals surface area contributed by atoms with E-state index in [1.807, 2.05) is 6.92 Å². The first kappa shape index (κ1) is 13.0. The number of carbonyl (C=O) groups excluding carboxylic acids is 1. The van der Waals surface area contributed by atoms with Crippen molar-refractivity contribution >= 4 is 11.6 Å². The van der Waals surface area contributed by atoms with E-state index in [2.05, 4.69) is 5.32 Å². The molecule has 6 nitrogen and oxygen atoms in total. The maximum absolute atomic E-state index is 11.6. The SMILES string of the molecule is CCCOc1ccc([N+](=O)[O-])cc1C(=O)NC. The Morgan fingerprint density at radius 3 is 2.76 bits per heavy atom. The summed E-state index contributed by atoms with van der Waals surface area (Å²) in [5, 5.41) is 13.0. The number of hydrogen-bond donors (Lipinski definition) is 1. The molecule has 0 bridgehead atoms. The highest BCUT2D eigenvalue weighted by atomic mass is 16.6. The van der Waals surface area contributed by atoms with Gasteiger partial charge in [-0.3, -0.25) is 14.9 Å². The van der Waals surface area contributed by atoms with Crippen LogP contribution >= 0.6 is 0 Å². The predicted octanol–water partition coefficient (Wildman–Crippen LogP) is 1.74. The van der Waals surface area contributed by atoms with E-state index in [0.29, 0.717) is 12.4 Å². The van der Waals surface area contributed by atoms with Crippen molar-refractivity contribution in [2.75, 3.05) is 13.7 Å². The summed E-state index contributed by atoms with van der Waals surface area (Å²) in [7, 11) is 1.46. The van der Waals surface area contributed by atoms with E-state index in [-0.39, 0.29) is 11.3 Å². The molecule has 0 unspecified atom stereocenters. The molecule has 0 saturated heterocycles. The van der Waals surface area contributed by atoms with Crippen molar-refractivity contribution < 1.29 is 14.5 Å². The van der Waals surface area contributed by atoms with Gasteiger partial charge in [0.05, 0.1) is 17.1 Å². The second-order valence-electron chi connectivity index (χ2n) is 3.37. The summed E-state index contributed by atoms with van der Waals surface area (Å²) < 4.78 is 5.36.